The molecule has 3 aromatic rings. The summed E-state index contributed by atoms with van der Waals surface area (Å²) in [5.74, 6) is -1.01. The van der Waals surface area contributed by atoms with Gasteiger partial charge < -0.3 is 25.6 Å². The summed E-state index contributed by atoms with van der Waals surface area (Å²) in [6, 6.07) is 18.5. The number of nitrogens with two attached hydrogens (primary N) is 1. The van der Waals surface area contributed by atoms with Gasteiger partial charge in [-0.15, -0.1) is 0 Å². The van der Waals surface area contributed by atoms with Crippen LogP contribution >= 0.6 is 0 Å². The fourth-order valence-electron chi connectivity index (χ4n) is 3.31. The van der Waals surface area contributed by atoms with Crippen molar-refractivity contribution in [2.75, 3.05) is 13.7 Å². The number of carboxylic acid groups (broad SMARTS) is 1. The molecule has 0 spiro atoms. The fraction of sp³-hybridized carbons (Fsp3) is 0.154. The van der Waals surface area contributed by atoms with E-state index in [2.05, 4.69) is 5.32 Å². The van der Waals surface area contributed by atoms with Crippen molar-refractivity contribution in [2.45, 2.75) is 12.5 Å². The number of amidine groups is 1. The van der Waals surface area contributed by atoms with Crippen LogP contribution in [-0.2, 0) is 11.2 Å². The van der Waals surface area contributed by atoms with Gasteiger partial charge in [-0.2, -0.15) is 0 Å². The maximum absolute atomic E-state index is 13.3. The Kier molecular flexibility index (Phi) is 8.18. The first-order valence-corrected chi connectivity index (χ1v) is 10.6. The number of amides is 1. The molecule has 9 nitrogen and oxygen atoms in total. The Morgan fingerprint density at radius 2 is 1.43 bits per heavy atom. The summed E-state index contributed by atoms with van der Waals surface area (Å²) in [4.78, 5) is 36.9. The lowest BCUT2D eigenvalue weighted by molar-refractivity contribution is -0.139. The molecule has 0 aliphatic rings. The van der Waals surface area contributed by atoms with Crippen molar-refractivity contribution in [3.8, 4) is 11.5 Å². The van der Waals surface area contributed by atoms with Gasteiger partial charge in [0.1, 0.15) is 17.3 Å². The largest absolute Gasteiger partial charge is 0.497 e. The van der Waals surface area contributed by atoms with E-state index in [0.29, 0.717) is 28.2 Å². The lowest BCUT2D eigenvalue weighted by Crippen LogP contribution is -2.42. The maximum atomic E-state index is 13.3. The molecule has 3 rings (SSSR count). The molecule has 0 saturated heterocycles. The standard InChI is InChI=1S/C26H25N3O6/c1-34-20-10-2-16(3-11-20)14-22(29-26(33)19-6-4-18(5-7-19)25(27)28)24(32)17-8-12-21(13-9-17)35-15-23(30)31/h2-13,22H,14-15H2,1H3,(H3,27,28)(H,29,33)(H,30,31). The molecule has 0 aromatic heterocycles. The van der Waals surface area contributed by atoms with Gasteiger partial charge in [-0.3, -0.25) is 15.0 Å². The van der Waals surface area contributed by atoms with Crippen LogP contribution in [-0.4, -0.2) is 48.4 Å². The van der Waals surface area contributed by atoms with Crippen molar-refractivity contribution < 1.29 is 29.0 Å². The molecule has 5 N–H and O–H groups in total. The van der Waals surface area contributed by atoms with Crippen LogP contribution in [0, 0.1) is 5.41 Å². The summed E-state index contributed by atoms with van der Waals surface area (Å²) in [6.45, 7) is -0.494. The Balaban J connectivity index is 1.82. The van der Waals surface area contributed by atoms with Crippen molar-refractivity contribution >= 4 is 23.5 Å². The second-order valence-electron chi connectivity index (χ2n) is 7.64. The molecule has 0 aliphatic carbocycles. The first-order chi connectivity index (χ1) is 16.8. The van der Waals surface area contributed by atoms with Crippen molar-refractivity contribution in [2.24, 2.45) is 5.73 Å². The molecule has 1 amide bonds. The summed E-state index contributed by atoms with van der Waals surface area (Å²) < 4.78 is 10.3. The summed E-state index contributed by atoms with van der Waals surface area (Å²) in [6.07, 6.45) is 0.233. The normalized spacial score (nSPS) is 11.2. The van der Waals surface area contributed by atoms with E-state index in [-0.39, 0.29) is 18.0 Å². The highest BCUT2D eigenvalue weighted by Gasteiger charge is 2.23. The van der Waals surface area contributed by atoms with Crippen molar-refractivity contribution in [1.82, 2.24) is 5.32 Å². The number of carbonyl (C=O) groups is 3. The molecule has 0 fully saturated rings. The van der Waals surface area contributed by atoms with E-state index in [1.165, 1.54) is 36.4 Å². The van der Waals surface area contributed by atoms with Crippen LogP contribution in [0.5, 0.6) is 11.5 Å². The number of nitrogens with one attached hydrogen (secondary N) is 2. The number of hydrogen-bond acceptors (Lipinski definition) is 6. The van der Waals surface area contributed by atoms with Gasteiger partial charge >= 0.3 is 5.97 Å². The second kappa shape index (κ2) is 11.5. The van der Waals surface area contributed by atoms with Gasteiger partial charge in [0.25, 0.3) is 5.91 Å². The van der Waals surface area contributed by atoms with Crippen molar-refractivity contribution in [3.05, 3.63) is 95.1 Å². The fourth-order valence-corrected chi connectivity index (χ4v) is 3.31. The average molecular weight is 476 g/mol. The highest BCUT2D eigenvalue weighted by Crippen LogP contribution is 2.18. The van der Waals surface area contributed by atoms with Crippen LogP contribution in [0.1, 0.15) is 31.8 Å². The number of carbonyl (C=O) groups excluding carboxylic acids is 2. The van der Waals surface area contributed by atoms with E-state index in [1.54, 1.807) is 31.4 Å². The number of rotatable bonds is 11. The molecule has 0 radical (unpaired) electrons. The Hall–Kier alpha value is -4.66. The van der Waals surface area contributed by atoms with E-state index >= 15 is 0 Å². The first-order valence-electron chi connectivity index (χ1n) is 10.6. The third kappa shape index (κ3) is 6.91. The monoisotopic (exact) mass is 475 g/mol. The molecular weight excluding hydrogens is 450 g/mol. The topological polar surface area (TPSA) is 152 Å². The zero-order chi connectivity index (χ0) is 25.4. The smallest absolute Gasteiger partial charge is 0.341 e. The molecule has 0 aliphatic heterocycles. The highest BCUT2D eigenvalue weighted by molar-refractivity contribution is 6.05. The number of aliphatic carboxylic acids is 1. The van der Waals surface area contributed by atoms with Gasteiger partial charge in [-0.25, -0.2) is 4.79 Å². The maximum Gasteiger partial charge on any atom is 0.341 e. The molecule has 0 saturated carbocycles. The van der Waals surface area contributed by atoms with Gasteiger partial charge in [0.05, 0.1) is 13.2 Å². The van der Waals surface area contributed by atoms with Crippen LogP contribution in [0.15, 0.2) is 72.8 Å². The molecule has 0 bridgehead atoms. The zero-order valence-electron chi connectivity index (χ0n) is 19.0. The van der Waals surface area contributed by atoms with E-state index < -0.39 is 24.5 Å². The van der Waals surface area contributed by atoms with E-state index in [4.69, 9.17) is 25.7 Å². The Bertz CT molecular complexity index is 1210. The Morgan fingerprint density at radius 3 is 1.97 bits per heavy atom. The van der Waals surface area contributed by atoms with Crippen LogP contribution in [0.2, 0.25) is 0 Å². The third-order valence-electron chi connectivity index (χ3n) is 5.18. The predicted octanol–water partition coefficient (Wildman–Crippen LogP) is 2.67. The highest BCUT2D eigenvalue weighted by atomic mass is 16.5. The number of methoxy groups -OCH3 is 1. The minimum atomic E-state index is -1.11. The SMILES string of the molecule is COc1ccc(CC(NC(=O)c2ccc(C(=N)N)cc2)C(=O)c2ccc(OCC(=O)O)cc2)cc1. The first kappa shape index (κ1) is 25.0. The minimum absolute atomic E-state index is 0.111. The van der Waals surface area contributed by atoms with Crippen LogP contribution < -0.4 is 20.5 Å². The van der Waals surface area contributed by atoms with Gasteiger partial charge in [0.15, 0.2) is 12.4 Å². The Morgan fingerprint density at radius 1 is 0.886 bits per heavy atom. The number of nitrogen functional groups attached to an aromatic ring is 1. The average Bonchev–Trinajstić information content (AvgIpc) is 2.87. The van der Waals surface area contributed by atoms with Gasteiger partial charge in [-0.1, -0.05) is 24.3 Å². The molecular formula is C26H25N3O6. The zero-order valence-corrected chi connectivity index (χ0v) is 19.0. The molecule has 35 heavy (non-hydrogen) atoms. The molecule has 9 heteroatoms. The Labute approximate surface area is 202 Å². The second-order valence-corrected chi connectivity index (χ2v) is 7.64. The van der Waals surface area contributed by atoms with E-state index in [0.717, 1.165) is 5.56 Å². The van der Waals surface area contributed by atoms with Crippen molar-refractivity contribution in [1.29, 1.82) is 5.41 Å². The lowest BCUT2D eigenvalue weighted by Gasteiger charge is -2.19. The van der Waals surface area contributed by atoms with Gasteiger partial charge in [0.2, 0.25) is 0 Å². The van der Waals surface area contributed by atoms with E-state index in [9.17, 15) is 14.4 Å². The summed E-state index contributed by atoms with van der Waals surface area (Å²) >= 11 is 0. The van der Waals surface area contributed by atoms with Crippen LogP contribution in [0.4, 0.5) is 0 Å². The lowest BCUT2D eigenvalue weighted by atomic mass is 9.97. The van der Waals surface area contributed by atoms with Crippen molar-refractivity contribution in [3.63, 3.8) is 0 Å². The number of ether oxygens (including phenoxy) is 2. The molecule has 0 heterocycles. The van der Waals surface area contributed by atoms with Crippen LogP contribution in [0.25, 0.3) is 0 Å². The molecule has 1 atom stereocenters. The summed E-state index contributed by atoms with van der Waals surface area (Å²) in [7, 11) is 1.56. The number of carboxylic acids is 1. The van der Waals surface area contributed by atoms with E-state index in [1.807, 2.05) is 12.1 Å². The number of benzene rings is 3. The molecule has 3 aromatic carbocycles. The molecule has 180 valence electrons. The number of ketones is 1. The predicted molar refractivity (Wildman–Crippen MR) is 129 cm³/mol. The number of Topliss-reactive ketones (excluding diaryl/α,β-unsaturated/α-hetero) is 1. The van der Waals surface area contributed by atoms with Crippen LogP contribution in [0.3, 0.4) is 0 Å². The minimum Gasteiger partial charge on any atom is -0.497 e. The third-order valence-corrected chi connectivity index (χ3v) is 5.18. The summed E-state index contributed by atoms with van der Waals surface area (Å²) in [5, 5.41) is 19.0. The summed E-state index contributed by atoms with van der Waals surface area (Å²) in [5.41, 5.74) is 7.42. The quantitative estimate of drug-likeness (QED) is 0.189. The van der Waals surface area contributed by atoms with Gasteiger partial charge in [0, 0.05) is 23.1 Å². The molecule has 1 unspecified atom stereocenters. The number of hydrogen-bond donors (Lipinski definition) is 4. The van der Waals surface area contributed by atoms with Gasteiger partial charge in [-0.05, 0) is 54.1 Å².